The van der Waals surface area contributed by atoms with Gasteiger partial charge in [-0.25, -0.2) is 12.1 Å². The van der Waals surface area contributed by atoms with Crippen molar-refractivity contribution in [1.82, 2.24) is 4.98 Å². The molecule has 4 aromatic rings. The third kappa shape index (κ3) is 4.13. The first-order chi connectivity index (χ1) is 13.8. The Morgan fingerprint density at radius 1 is 0.821 bits per heavy atom. The van der Waals surface area contributed by atoms with Gasteiger partial charge in [0, 0.05) is 18.5 Å². The van der Waals surface area contributed by atoms with Gasteiger partial charge < -0.3 is 0 Å². The van der Waals surface area contributed by atoms with Crippen molar-refractivity contribution >= 4 is 30.0 Å². The number of nitrogens with zero attached hydrogens (tertiary/aromatic N) is 2. The molecule has 0 bridgehead atoms. The van der Waals surface area contributed by atoms with Crippen LogP contribution in [0, 0.1) is 0 Å². The number of hydrogen-bond acceptors (Lipinski definition) is 2. The van der Waals surface area contributed by atoms with E-state index >= 15 is 0 Å². The number of rotatable bonds is 6. The van der Waals surface area contributed by atoms with Crippen LogP contribution in [0.25, 0.3) is 0 Å². The lowest BCUT2D eigenvalue weighted by molar-refractivity contribution is 0.833. The standard InChI is InChI=1S/C25H22N2P/c1-20(27-19-21-11-8-9-18-26-21)24-16-10-17-25(24)28(22-12-4-2-5-13-22)23-14-6-3-7-15-23/h2-20H,1H3/q-1/t20-/m0/s1. The van der Waals surface area contributed by atoms with Gasteiger partial charge in [-0.15, -0.1) is 10.9 Å². The molecule has 0 fully saturated rings. The quantitative estimate of drug-likeness (QED) is 0.269. The Labute approximate surface area is 167 Å². The second-order valence-electron chi connectivity index (χ2n) is 6.58. The van der Waals surface area contributed by atoms with Gasteiger partial charge in [-0.3, -0.25) is 9.98 Å². The summed E-state index contributed by atoms with van der Waals surface area (Å²) in [6.07, 6.45) is 3.67. The maximum absolute atomic E-state index is 4.79. The average molecular weight is 381 g/mol. The largest absolute Gasteiger partial charge is 0.296 e. The fraction of sp³-hybridized carbons (Fsp3) is 0.0800. The van der Waals surface area contributed by atoms with Gasteiger partial charge in [0.25, 0.3) is 0 Å². The van der Waals surface area contributed by atoms with Crippen molar-refractivity contribution in [2.45, 2.75) is 13.0 Å². The second-order valence-corrected chi connectivity index (χ2v) is 8.77. The Morgan fingerprint density at radius 2 is 1.46 bits per heavy atom. The van der Waals surface area contributed by atoms with Crippen molar-refractivity contribution in [3.05, 3.63) is 115 Å². The first-order valence-corrected chi connectivity index (χ1v) is 10.8. The molecule has 3 aromatic carbocycles. The second kappa shape index (κ2) is 8.82. The van der Waals surface area contributed by atoms with E-state index in [1.165, 1.54) is 21.5 Å². The van der Waals surface area contributed by atoms with Gasteiger partial charge in [0.15, 0.2) is 0 Å². The number of benzene rings is 2. The van der Waals surface area contributed by atoms with Crippen LogP contribution in [0.4, 0.5) is 0 Å². The first kappa shape index (κ1) is 18.4. The molecule has 1 heterocycles. The number of aromatic nitrogens is 1. The van der Waals surface area contributed by atoms with E-state index in [4.69, 9.17) is 4.99 Å². The lowest BCUT2D eigenvalue weighted by Gasteiger charge is -2.26. The Morgan fingerprint density at radius 3 is 2.07 bits per heavy atom. The van der Waals surface area contributed by atoms with Gasteiger partial charge in [-0.05, 0) is 37.6 Å². The molecule has 0 aliphatic heterocycles. The fourth-order valence-corrected chi connectivity index (χ4v) is 5.83. The summed E-state index contributed by atoms with van der Waals surface area (Å²) in [4.78, 5) is 9.13. The van der Waals surface area contributed by atoms with Crippen LogP contribution in [-0.4, -0.2) is 11.2 Å². The molecule has 0 aliphatic rings. The van der Waals surface area contributed by atoms with E-state index in [1.54, 1.807) is 6.20 Å². The summed E-state index contributed by atoms with van der Waals surface area (Å²) in [6, 6.07) is 34.1. The first-order valence-electron chi connectivity index (χ1n) is 9.43. The van der Waals surface area contributed by atoms with Crippen molar-refractivity contribution < 1.29 is 0 Å². The van der Waals surface area contributed by atoms with Gasteiger partial charge in [-0.1, -0.05) is 66.7 Å². The van der Waals surface area contributed by atoms with Crippen LogP contribution >= 0.6 is 7.92 Å². The molecule has 0 unspecified atom stereocenters. The molecule has 2 nitrogen and oxygen atoms in total. The van der Waals surface area contributed by atoms with E-state index in [0.717, 1.165) is 5.69 Å². The molecule has 3 heteroatoms. The average Bonchev–Trinajstić information content (AvgIpc) is 3.24. The molecule has 0 aliphatic carbocycles. The van der Waals surface area contributed by atoms with Crippen molar-refractivity contribution in [2.75, 3.05) is 0 Å². The van der Waals surface area contributed by atoms with E-state index in [0.29, 0.717) is 0 Å². The normalized spacial score (nSPS) is 12.5. The third-order valence-corrected chi connectivity index (χ3v) is 7.18. The zero-order chi connectivity index (χ0) is 19.2. The predicted octanol–water partition coefficient (Wildman–Crippen LogP) is 4.74. The van der Waals surface area contributed by atoms with E-state index in [-0.39, 0.29) is 6.04 Å². The molecule has 0 amide bonds. The zero-order valence-corrected chi connectivity index (χ0v) is 16.7. The SMILES string of the molecule is C[C@H](N=Cc1ccccn1)[c-]1cccc1P(c1ccccc1)c1ccccc1. The van der Waals surface area contributed by atoms with Crippen LogP contribution in [0.1, 0.15) is 24.2 Å². The minimum absolute atomic E-state index is 0.0735. The van der Waals surface area contributed by atoms with E-state index in [2.05, 4.69) is 90.8 Å². The van der Waals surface area contributed by atoms with Crippen LogP contribution in [0.2, 0.25) is 0 Å². The summed E-state index contributed by atoms with van der Waals surface area (Å²) >= 11 is 0. The van der Waals surface area contributed by atoms with Crippen molar-refractivity contribution in [1.29, 1.82) is 0 Å². The van der Waals surface area contributed by atoms with Crippen LogP contribution in [0.15, 0.2) is 108 Å². The summed E-state index contributed by atoms with van der Waals surface area (Å²) in [5, 5.41) is 4.09. The molecule has 4 rings (SSSR count). The minimum atomic E-state index is -0.617. The van der Waals surface area contributed by atoms with Gasteiger partial charge in [0.05, 0.1) is 5.69 Å². The molecule has 138 valence electrons. The summed E-state index contributed by atoms with van der Waals surface area (Å²) in [5.74, 6) is 0. The Balaban J connectivity index is 1.71. The van der Waals surface area contributed by atoms with E-state index in [9.17, 15) is 0 Å². The number of hydrogen-bond donors (Lipinski definition) is 0. The van der Waals surface area contributed by atoms with Gasteiger partial charge >= 0.3 is 0 Å². The molecular formula is C25H22N2P-. The molecule has 0 saturated heterocycles. The molecular weight excluding hydrogens is 359 g/mol. The van der Waals surface area contributed by atoms with Crippen LogP contribution < -0.4 is 15.9 Å². The Bertz CT molecular complexity index is 984. The zero-order valence-electron chi connectivity index (χ0n) is 15.8. The number of aliphatic imine (C=N–C) groups is 1. The smallest absolute Gasteiger partial charge is 0.0807 e. The van der Waals surface area contributed by atoms with Gasteiger partial charge in [0.1, 0.15) is 0 Å². The molecule has 28 heavy (non-hydrogen) atoms. The van der Waals surface area contributed by atoms with Gasteiger partial charge in [-0.2, -0.15) is 6.07 Å². The molecule has 0 saturated carbocycles. The third-order valence-electron chi connectivity index (χ3n) is 4.66. The summed E-state index contributed by atoms with van der Waals surface area (Å²) in [5.41, 5.74) is 2.17. The number of pyridine rings is 1. The van der Waals surface area contributed by atoms with Crippen molar-refractivity contribution in [3.63, 3.8) is 0 Å². The predicted molar refractivity (Wildman–Crippen MR) is 121 cm³/mol. The summed E-state index contributed by atoms with van der Waals surface area (Å²) in [6.45, 7) is 2.15. The van der Waals surface area contributed by atoms with Crippen LogP contribution in [0.5, 0.6) is 0 Å². The van der Waals surface area contributed by atoms with Crippen molar-refractivity contribution in [2.24, 2.45) is 4.99 Å². The lowest BCUT2D eigenvalue weighted by Crippen LogP contribution is -2.22. The lowest BCUT2D eigenvalue weighted by atomic mass is 10.2. The molecule has 0 spiro atoms. The highest BCUT2D eigenvalue weighted by molar-refractivity contribution is 7.79. The highest BCUT2D eigenvalue weighted by Crippen LogP contribution is 2.36. The van der Waals surface area contributed by atoms with E-state index in [1.807, 2.05) is 24.4 Å². The molecule has 0 N–H and O–H groups in total. The van der Waals surface area contributed by atoms with Gasteiger partial charge in [0.2, 0.25) is 0 Å². The van der Waals surface area contributed by atoms with E-state index < -0.39 is 7.92 Å². The monoisotopic (exact) mass is 381 g/mol. The molecule has 1 aromatic heterocycles. The summed E-state index contributed by atoms with van der Waals surface area (Å²) in [7, 11) is -0.617. The van der Waals surface area contributed by atoms with Crippen molar-refractivity contribution in [3.8, 4) is 0 Å². The fourth-order valence-electron chi connectivity index (χ4n) is 3.28. The summed E-state index contributed by atoms with van der Waals surface area (Å²) < 4.78 is 0. The minimum Gasteiger partial charge on any atom is -0.296 e. The highest BCUT2D eigenvalue weighted by Gasteiger charge is 2.16. The molecule has 1 atom stereocenters. The van der Waals surface area contributed by atoms with Crippen LogP contribution in [-0.2, 0) is 0 Å². The topological polar surface area (TPSA) is 25.2 Å². The molecule has 0 radical (unpaired) electrons. The maximum Gasteiger partial charge on any atom is 0.0807 e. The Hall–Kier alpha value is -2.96. The Kier molecular flexibility index (Phi) is 5.80. The van der Waals surface area contributed by atoms with Crippen LogP contribution in [0.3, 0.4) is 0 Å². The highest BCUT2D eigenvalue weighted by atomic mass is 31.1. The maximum atomic E-state index is 4.79.